The van der Waals surface area contributed by atoms with Gasteiger partial charge in [-0.15, -0.1) is 0 Å². The molecule has 2 aromatic rings. The molecule has 0 heterocycles. The lowest BCUT2D eigenvalue weighted by Crippen LogP contribution is -2.07. The third kappa shape index (κ3) is 4.06. The summed E-state index contributed by atoms with van der Waals surface area (Å²) in [4.78, 5) is 11.4. The normalized spacial score (nSPS) is 10.2. The Balaban J connectivity index is 2.10. The Morgan fingerprint density at radius 2 is 1.53 bits per heavy atom. The molecule has 0 saturated carbocycles. The highest BCUT2D eigenvalue weighted by Crippen LogP contribution is 2.21. The molecule has 0 radical (unpaired) electrons. The van der Waals surface area contributed by atoms with Gasteiger partial charge < -0.3 is 4.74 Å². The van der Waals surface area contributed by atoms with Gasteiger partial charge in [0.2, 0.25) is 0 Å². The number of hydrogen-bond acceptors (Lipinski definition) is 2. The molecule has 0 amide bonds. The molecule has 0 atom stereocenters. The van der Waals surface area contributed by atoms with E-state index in [4.69, 9.17) is 4.74 Å². The van der Waals surface area contributed by atoms with E-state index in [1.54, 1.807) is 0 Å². The van der Waals surface area contributed by atoms with Crippen molar-refractivity contribution in [3.8, 4) is 11.1 Å². The van der Waals surface area contributed by atoms with Crippen molar-refractivity contribution in [1.29, 1.82) is 0 Å². The minimum Gasteiger partial charge on any atom is -0.466 e. The van der Waals surface area contributed by atoms with Crippen LogP contribution in [0.4, 0.5) is 0 Å². The van der Waals surface area contributed by atoms with Crippen molar-refractivity contribution < 1.29 is 9.53 Å². The van der Waals surface area contributed by atoms with Gasteiger partial charge in [-0.3, -0.25) is 4.79 Å². The number of halogens is 1. The van der Waals surface area contributed by atoms with Crippen LogP contribution in [0.3, 0.4) is 0 Å². The van der Waals surface area contributed by atoms with Crippen molar-refractivity contribution >= 4 is 28.6 Å². The van der Waals surface area contributed by atoms with Crippen molar-refractivity contribution in [3.63, 3.8) is 0 Å². The van der Waals surface area contributed by atoms with Gasteiger partial charge in [-0.25, -0.2) is 0 Å². The molecule has 2 rings (SSSR count). The maximum atomic E-state index is 11.4. The van der Waals surface area contributed by atoms with E-state index in [9.17, 15) is 4.79 Å². The number of carbonyl (C=O) groups is 1. The zero-order valence-electron chi connectivity index (χ0n) is 10.7. The van der Waals surface area contributed by atoms with Crippen molar-refractivity contribution in [3.05, 3.63) is 57.7 Å². The molecule has 3 heteroatoms. The van der Waals surface area contributed by atoms with Gasteiger partial charge in [0.25, 0.3) is 0 Å². The average Bonchev–Trinajstić information content (AvgIpc) is 2.41. The second kappa shape index (κ2) is 6.70. The van der Waals surface area contributed by atoms with Crippen LogP contribution >= 0.6 is 22.6 Å². The van der Waals surface area contributed by atoms with Crippen LogP contribution in [0.1, 0.15) is 12.5 Å². The summed E-state index contributed by atoms with van der Waals surface area (Å²) in [5, 5.41) is 0. The molecule has 0 N–H and O–H groups in total. The highest BCUT2D eigenvalue weighted by molar-refractivity contribution is 14.1. The SMILES string of the molecule is CCOC(=O)Cc1ccc(-c2ccc(I)cc2)cc1. The first-order valence-electron chi connectivity index (χ1n) is 6.19. The van der Waals surface area contributed by atoms with Crippen LogP contribution in [-0.4, -0.2) is 12.6 Å². The molecule has 0 aliphatic rings. The summed E-state index contributed by atoms with van der Waals surface area (Å²) in [6.07, 6.45) is 0.334. The minimum atomic E-state index is -0.176. The molecular formula is C16H15IO2. The molecule has 0 fully saturated rings. The quantitative estimate of drug-likeness (QED) is 0.603. The average molecular weight is 366 g/mol. The number of benzene rings is 2. The molecule has 0 aliphatic heterocycles. The number of esters is 1. The topological polar surface area (TPSA) is 26.3 Å². The van der Waals surface area contributed by atoms with Gasteiger partial charge >= 0.3 is 5.97 Å². The Labute approximate surface area is 126 Å². The molecule has 0 aliphatic carbocycles. The van der Waals surface area contributed by atoms with Crippen molar-refractivity contribution in [1.82, 2.24) is 0 Å². The van der Waals surface area contributed by atoms with Gasteiger partial charge in [0.05, 0.1) is 13.0 Å². The summed E-state index contributed by atoms with van der Waals surface area (Å²) in [6.45, 7) is 2.25. The van der Waals surface area contributed by atoms with E-state index in [1.807, 2.05) is 31.2 Å². The first kappa shape index (κ1) is 14.1. The summed E-state index contributed by atoms with van der Waals surface area (Å²) in [7, 11) is 0. The fourth-order valence-electron chi connectivity index (χ4n) is 1.84. The van der Waals surface area contributed by atoms with Crippen LogP contribution in [0.15, 0.2) is 48.5 Å². The molecule has 0 saturated heterocycles. The molecule has 0 spiro atoms. The Kier molecular flexibility index (Phi) is 4.96. The number of ether oxygens (including phenoxy) is 1. The lowest BCUT2D eigenvalue weighted by Gasteiger charge is -2.05. The second-order valence-electron chi connectivity index (χ2n) is 4.19. The minimum absolute atomic E-state index is 0.176. The van der Waals surface area contributed by atoms with Crippen molar-refractivity contribution in [2.24, 2.45) is 0 Å². The summed E-state index contributed by atoms with van der Waals surface area (Å²) in [5.41, 5.74) is 3.32. The van der Waals surface area contributed by atoms with Gasteiger partial charge in [0.1, 0.15) is 0 Å². The van der Waals surface area contributed by atoms with Gasteiger partial charge in [-0.2, -0.15) is 0 Å². The van der Waals surface area contributed by atoms with E-state index >= 15 is 0 Å². The molecule has 0 aromatic heterocycles. The van der Waals surface area contributed by atoms with Gasteiger partial charge in [0.15, 0.2) is 0 Å². The van der Waals surface area contributed by atoms with Crippen LogP contribution < -0.4 is 0 Å². The lowest BCUT2D eigenvalue weighted by atomic mass is 10.0. The van der Waals surface area contributed by atoms with Crippen molar-refractivity contribution in [2.75, 3.05) is 6.61 Å². The van der Waals surface area contributed by atoms with E-state index in [0.29, 0.717) is 13.0 Å². The fourth-order valence-corrected chi connectivity index (χ4v) is 2.20. The second-order valence-corrected chi connectivity index (χ2v) is 5.43. The van der Waals surface area contributed by atoms with Gasteiger partial charge in [-0.1, -0.05) is 36.4 Å². The predicted octanol–water partition coefficient (Wildman–Crippen LogP) is 4.06. The van der Waals surface area contributed by atoms with E-state index in [-0.39, 0.29) is 5.97 Å². The van der Waals surface area contributed by atoms with Crippen LogP contribution in [-0.2, 0) is 16.0 Å². The molecular weight excluding hydrogens is 351 g/mol. The summed E-state index contributed by atoms with van der Waals surface area (Å²) >= 11 is 2.29. The highest BCUT2D eigenvalue weighted by Gasteiger charge is 2.04. The van der Waals surface area contributed by atoms with Crippen LogP contribution in [0.5, 0.6) is 0 Å². The zero-order valence-corrected chi connectivity index (χ0v) is 12.9. The maximum Gasteiger partial charge on any atom is 0.310 e. The smallest absolute Gasteiger partial charge is 0.310 e. The van der Waals surface area contributed by atoms with Crippen LogP contribution in [0, 0.1) is 3.57 Å². The summed E-state index contributed by atoms with van der Waals surface area (Å²) in [5.74, 6) is -0.176. The molecule has 0 unspecified atom stereocenters. The molecule has 2 nitrogen and oxygen atoms in total. The Morgan fingerprint density at radius 1 is 1.00 bits per heavy atom. The van der Waals surface area contributed by atoms with E-state index in [2.05, 4.69) is 46.9 Å². The standard InChI is InChI=1S/C16H15IO2/c1-2-19-16(18)11-12-3-5-13(6-4-12)14-7-9-15(17)10-8-14/h3-10H,2,11H2,1H3. The highest BCUT2D eigenvalue weighted by atomic mass is 127. The molecule has 2 aromatic carbocycles. The summed E-state index contributed by atoms with van der Waals surface area (Å²) in [6, 6.07) is 16.4. The monoisotopic (exact) mass is 366 g/mol. The molecule has 0 bridgehead atoms. The van der Waals surface area contributed by atoms with E-state index in [1.165, 1.54) is 9.13 Å². The summed E-state index contributed by atoms with van der Waals surface area (Å²) < 4.78 is 6.16. The molecule has 19 heavy (non-hydrogen) atoms. The predicted molar refractivity (Wildman–Crippen MR) is 84.9 cm³/mol. The first-order valence-corrected chi connectivity index (χ1v) is 7.27. The number of carbonyl (C=O) groups excluding carboxylic acids is 1. The number of hydrogen-bond donors (Lipinski definition) is 0. The Bertz CT molecular complexity index is 544. The largest absolute Gasteiger partial charge is 0.466 e. The molecule has 98 valence electrons. The third-order valence-electron chi connectivity index (χ3n) is 2.79. The van der Waals surface area contributed by atoms with Gasteiger partial charge in [0, 0.05) is 3.57 Å². The van der Waals surface area contributed by atoms with Crippen LogP contribution in [0.2, 0.25) is 0 Å². The third-order valence-corrected chi connectivity index (χ3v) is 3.50. The van der Waals surface area contributed by atoms with E-state index < -0.39 is 0 Å². The number of rotatable bonds is 4. The van der Waals surface area contributed by atoms with Crippen molar-refractivity contribution in [2.45, 2.75) is 13.3 Å². The van der Waals surface area contributed by atoms with Crippen LogP contribution in [0.25, 0.3) is 11.1 Å². The van der Waals surface area contributed by atoms with E-state index in [0.717, 1.165) is 11.1 Å². The zero-order chi connectivity index (χ0) is 13.7. The first-order chi connectivity index (χ1) is 9.19. The maximum absolute atomic E-state index is 11.4. The fraction of sp³-hybridized carbons (Fsp3) is 0.188. The van der Waals surface area contributed by atoms with Gasteiger partial charge in [-0.05, 0) is 58.3 Å². The Morgan fingerprint density at radius 3 is 2.05 bits per heavy atom. The Hall–Kier alpha value is -1.36. The lowest BCUT2D eigenvalue weighted by molar-refractivity contribution is -0.142.